The Kier molecular flexibility index (Phi) is 9.21. The van der Waals surface area contributed by atoms with Crippen LogP contribution in [0.1, 0.15) is 29.7 Å². The predicted molar refractivity (Wildman–Crippen MR) is 176 cm³/mol. The number of methoxy groups -OCH3 is 2. The molecular formula is C30H23ClI2N2O5S. The maximum absolute atomic E-state index is 14.1. The molecule has 0 N–H and O–H groups in total. The number of halogens is 3. The number of allylic oxidation sites excluding steroid dienone is 1. The number of carbonyl (C=O) groups excluding carboxylic acids is 1. The maximum Gasteiger partial charge on any atom is 0.338 e. The van der Waals surface area contributed by atoms with Gasteiger partial charge >= 0.3 is 5.97 Å². The van der Waals surface area contributed by atoms with Crippen LogP contribution in [0.2, 0.25) is 5.02 Å². The molecule has 0 saturated heterocycles. The second kappa shape index (κ2) is 12.7. The van der Waals surface area contributed by atoms with Gasteiger partial charge in [-0.05, 0) is 94.1 Å². The van der Waals surface area contributed by atoms with Crippen molar-refractivity contribution < 1.29 is 19.0 Å². The third-order valence-corrected chi connectivity index (χ3v) is 9.11. The van der Waals surface area contributed by atoms with Gasteiger partial charge in [0.1, 0.15) is 24.1 Å². The van der Waals surface area contributed by atoms with Crippen molar-refractivity contribution in [1.29, 1.82) is 0 Å². The van der Waals surface area contributed by atoms with Crippen molar-refractivity contribution >= 4 is 80.2 Å². The molecule has 1 atom stereocenters. The van der Waals surface area contributed by atoms with E-state index in [-0.39, 0.29) is 11.1 Å². The summed E-state index contributed by atoms with van der Waals surface area (Å²) >= 11 is 12.1. The number of nitrogens with zero attached hydrogens (tertiary/aromatic N) is 2. The van der Waals surface area contributed by atoms with Crippen LogP contribution >= 0.6 is 68.1 Å². The Labute approximate surface area is 272 Å². The highest BCUT2D eigenvalue weighted by atomic mass is 127. The zero-order valence-electron chi connectivity index (χ0n) is 22.1. The molecule has 1 aliphatic heterocycles. The van der Waals surface area contributed by atoms with Gasteiger partial charge < -0.3 is 14.2 Å². The van der Waals surface area contributed by atoms with Crippen LogP contribution in [0, 0.1) is 7.14 Å². The lowest BCUT2D eigenvalue weighted by Gasteiger charge is -2.25. The molecule has 0 radical (unpaired) electrons. The molecule has 11 heteroatoms. The molecule has 41 heavy (non-hydrogen) atoms. The first-order chi connectivity index (χ1) is 19.7. The van der Waals surface area contributed by atoms with Crippen LogP contribution in [0.25, 0.3) is 6.08 Å². The number of hydrogen-bond donors (Lipinski definition) is 0. The number of esters is 1. The lowest BCUT2D eigenvalue weighted by molar-refractivity contribution is -0.136. The SMILES string of the molecule is COC(=O)C1=C(C)N=c2s/c(=C\c3cc(I)cc(I)c3OCc3ccccc3)c(=O)n2[C@@H]1c1cc(Cl)ccc1OC. The Bertz CT molecular complexity index is 1870. The average Bonchev–Trinajstić information content (AvgIpc) is 3.25. The summed E-state index contributed by atoms with van der Waals surface area (Å²) < 4.78 is 20.9. The Hall–Kier alpha value is -2.68. The lowest BCUT2D eigenvalue weighted by atomic mass is 9.95. The average molecular weight is 813 g/mol. The van der Waals surface area contributed by atoms with E-state index in [1.807, 2.05) is 48.5 Å². The molecule has 2 heterocycles. The van der Waals surface area contributed by atoms with Gasteiger partial charge in [-0.25, -0.2) is 9.79 Å². The summed E-state index contributed by atoms with van der Waals surface area (Å²) in [5.41, 5.74) is 2.74. The van der Waals surface area contributed by atoms with Crippen molar-refractivity contribution in [3.63, 3.8) is 0 Å². The maximum atomic E-state index is 14.1. The molecular weight excluding hydrogens is 790 g/mol. The van der Waals surface area contributed by atoms with Crippen LogP contribution in [0.15, 0.2) is 81.7 Å². The van der Waals surface area contributed by atoms with Crippen molar-refractivity contribution in [2.24, 2.45) is 4.99 Å². The van der Waals surface area contributed by atoms with E-state index in [2.05, 4.69) is 50.2 Å². The second-order valence-electron chi connectivity index (χ2n) is 9.04. The molecule has 4 aromatic rings. The Morgan fingerprint density at radius 3 is 2.59 bits per heavy atom. The van der Waals surface area contributed by atoms with Gasteiger partial charge in [0.05, 0.1) is 33.6 Å². The Balaban J connectivity index is 1.70. The Morgan fingerprint density at radius 2 is 1.88 bits per heavy atom. The third-order valence-electron chi connectivity index (χ3n) is 6.46. The van der Waals surface area contributed by atoms with Crippen molar-refractivity contribution in [3.8, 4) is 11.5 Å². The zero-order chi connectivity index (χ0) is 29.3. The smallest absolute Gasteiger partial charge is 0.338 e. The van der Waals surface area contributed by atoms with Crippen LogP contribution in [-0.4, -0.2) is 24.8 Å². The number of aromatic nitrogens is 1. The molecule has 0 aliphatic carbocycles. The molecule has 0 bridgehead atoms. The van der Waals surface area contributed by atoms with Crippen molar-refractivity contribution in [3.05, 3.63) is 120 Å². The van der Waals surface area contributed by atoms with E-state index < -0.39 is 12.0 Å². The van der Waals surface area contributed by atoms with Crippen molar-refractivity contribution in [1.82, 2.24) is 4.57 Å². The van der Waals surface area contributed by atoms with Gasteiger partial charge in [0.25, 0.3) is 5.56 Å². The number of ether oxygens (including phenoxy) is 3. The molecule has 0 unspecified atom stereocenters. The summed E-state index contributed by atoms with van der Waals surface area (Å²) in [5.74, 6) is 0.574. The first kappa shape index (κ1) is 29.8. The van der Waals surface area contributed by atoms with Crippen LogP contribution in [0.3, 0.4) is 0 Å². The molecule has 1 aliphatic rings. The highest BCUT2D eigenvalue weighted by Crippen LogP contribution is 2.37. The second-order valence-corrected chi connectivity index (χ2v) is 12.9. The molecule has 0 saturated carbocycles. The summed E-state index contributed by atoms with van der Waals surface area (Å²) in [6, 6.07) is 18.2. The van der Waals surface area contributed by atoms with Gasteiger partial charge in [-0.2, -0.15) is 0 Å². The van der Waals surface area contributed by atoms with Gasteiger partial charge in [0.15, 0.2) is 4.80 Å². The van der Waals surface area contributed by atoms with Crippen molar-refractivity contribution in [2.75, 3.05) is 14.2 Å². The van der Waals surface area contributed by atoms with Crippen molar-refractivity contribution in [2.45, 2.75) is 19.6 Å². The fourth-order valence-corrected chi connectivity index (χ4v) is 7.88. The fraction of sp³-hybridized carbons (Fsp3) is 0.167. The standard InChI is InChI=1S/C30H23ClI2N2O5S/c1-16-25(29(37)39-3)26(21-13-19(31)9-10-23(21)38-2)35-28(36)24(41-30(35)34-16)12-18-11-20(32)14-22(33)27(18)40-15-17-7-5-4-6-8-17/h4-14,26H,15H2,1-3H3/b24-12-/t26-/m1/s1. The number of benzene rings is 3. The molecule has 0 spiro atoms. The zero-order valence-corrected chi connectivity index (χ0v) is 28.0. The number of rotatable bonds is 7. The number of thiazole rings is 1. The summed E-state index contributed by atoms with van der Waals surface area (Å²) in [6.07, 6.45) is 1.82. The monoisotopic (exact) mass is 812 g/mol. The summed E-state index contributed by atoms with van der Waals surface area (Å²) in [5, 5.41) is 0.440. The van der Waals surface area contributed by atoms with Gasteiger partial charge in [-0.3, -0.25) is 9.36 Å². The first-order valence-corrected chi connectivity index (χ1v) is 15.7. The van der Waals surface area contributed by atoms with E-state index >= 15 is 0 Å². The van der Waals surface area contributed by atoms with Gasteiger partial charge in [-0.1, -0.05) is 53.3 Å². The fourth-order valence-electron chi connectivity index (χ4n) is 4.62. The molecule has 7 nitrogen and oxygen atoms in total. The number of hydrogen-bond acceptors (Lipinski definition) is 7. The minimum absolute atomic E-state index is 0.239. The van der Waals surface area contributed by atoms with E-state index in [1.54, 1.807) is 25.1 Å². The highest BCUT2D eigenvalue weighted by molar-refractivity contribution is 14.1. The summed E-state index contributed by atoms with van der Waals surface area (Å²) in [6.45, 7) is 2.11. The van der Waals surface area contributed by atoms with Gasteiger partial charge in [-0.15, -0.1) is 0 Å². The molecule has 3 aromatic carbocycles. The quantitative estimate of drug-likeness (QED) is 0.173. The van der Waals surface area contributed by atoms with E-state index in [9.17, 15) is 9.59 Å². The van der Waals surface area contributed by atoms with Gasteiger partial charge in [0, 0.05) is 19.7 Å². The summed E-state index contributed by atoms with van der Waals surface area (Å²) in [4.78, 5) is 32.2. The van der Waals surface area contributed by atoms with E-state index in [0.29, 0.717) is 43.7 Å². The highest BCUT2D eigenvalue weighted by Gasteiger charge is 2.35. The molecule has 1 aromatic heterocycles. The Morgan fingerprint density at radius 1 is 1.12 bits per heavy atom. The first-order valence-electron chi connectivity index (χ1n) is 12.3. The minimum atomic E-state index is -0.848. The third kappa shape index (κ3) is 6.11. The lowest BCUT2D eigenvalue weighted by Crippen LogP contribution is -2.40. The van der Waals surface area contributed by atoms with E-state index in [1.165, 1.54) is 30.1 Å². The number of carbonyl (C=O) groups is 1. The largest absolute Gasteiger partial charge is 0.496 e. The predicted octanol–water partition coefficient (Wildman–Crippen LogP) is 5.86. The van der Waals surface area contributed by atoms with Crippen LogP contribution in [-0.2, 0) is 16.1 Å². The van der Waals surface area contributed by atoms with Crippen LogP contribution in [0.5, 0.6) is 11.5 Å². The molecule has 0 amide bonds. The van der Waals surface area contributed by atoms with E-state index in [0.717, 1.165) is 18.3 Å². The molecule has 5 rings (SSSR count). The number of fused-ring (bicyclic) bond motifs is 1. The summed E-state index contributed by atoms with van der Waals surface area (Å²) in [7, 11) is 2.83. The molecule has 0 fully saturated rings. The van der Waals surface area contributed by atoms with Gasteiger partial charge in [0.2, 0.25) is 0 Å². The molecule has 210 valence electrons. The normalized spacial score (nSPS) is 14.9. The topological polar surface area (TPSA) is 79.1 Å². The minimum Gasteiger partial charge on any atom is -0.496 e. The van der Waals surface area contributed by atoms with E-state index in [4.69, 9.17) is 25.8 Å². The van der Waals surface area contributed by atoms with Crippen LogP contribution < -0.4 is 24.4 Å². The van der Waals surface area contributed by atoms with Crippen LogP contribution in [0.4, 0.5) is 0 Å².